The van der Waals surface area contributed by atoms with Gasteiger partial charge in [-0.3, -0.25) is 4.79 Å². The monoisotopic (exact) mass is 226 g/mol. The largest absolute Gasteiger partial charge is 0.306 e. The molecule has 0 aliphatic heterocycles. The number of rotatable bonds is 2. The summed E-state index contributed by atoms with van der Waals surface area (Å²) in [5.41, 5.74) is 1.44. The lowest BCUT2D eigenvalue weighted by Gasteiger charge is -2.15. The third-order valence-corrected chi connectivity index (χ3v) is 2.81. The summed E-state index contributed by atoms with van der Waals surface area (Å²) in [5.74, 6) is 0. The number of hydrogen-bond donors (Lipinski definition) is 0. The van der Waals surface area contributed by atoms with Crippen LogP contribution in [0.3, 0.4) is 0 Å². The first-order valence-electron chi connectivity index (χ1n) is 5.65. The van der Waals surface area contributed by atoms with Crippen LogP contribution >= 0.6 is 0 Å². The van der Waals surface area contributed by atoms with Crippen LogP contribution in [-0.2, 0) is 6.42 Å². The van der Waals surface area contributed by atoms with Crippen molar-refractivity contribution in [2.75, 3.05) is 0 Å². The molecule has 0 radical (unpaired) electrons. The van der Waals surface area contributed by atoms with E-state index in [2.05, 4.69) is 0 Å². The molecule has 0 atom stereocenters. The number of nitriles is 1. The first-order chi connectivity index (χ1) is 8.15. The molecular formula is C14H14N2O. The Morgan fingerprint density at radius 1 is 1.35 bits per heavy atom. The molecule has 1 aromatic carbocycles. The minimum atomic E-state index is -0.0553. The van der Waals surface area contributed by atoms with Crippen LogP contribution < -0.4 is 5.56 Å². The number of benzene rings is 1. The Morgan fingerprint density at radius 2 is 2.06 bits per heavy atom. The van der Waals surface area contributed by atoms with Crippen molar-refractivity contribution in [1.82, 2.24) is 4.57 Å². The fraction of sp³-hybridized carbons (Fsp3) is 0.286. The van der Waals surface area contributed by atoms with Crippen molar-refractivity contribution >= 4 is 10.9 Å². The fourth-order valence-electron chi connectivity index (χ4n) is 2.07. The van der Waals surface area contributed by atoms with Gasteiger partial charge in [0.05, 0.1) is 18.0 Å². The molecule has 1 heterocycles. The van der Waals surface area contributed by atoms with E-state index in [0.29, 0.717) is 5.56 Å². The summed E-state index contributed by atoms with van der Waals surface area (Å²) in [6.07, 6.45) is 0.163. The quantitative estimate of drug-likeness (QED) is 0.790. The predicted molar refractivity (Wildman–Crippen MR) is 67.9 cm³/mol. The third-order valence-electron chi connectivity index (χ3n) is 2.81. The van der Waals surface area contributed by atoms with Crippen LogP contribution in [-0.4, -0.2) is 4.57 Å². The molecule has 3 heteroatoms. The van der Waals surface area contributed by atoms with E-state index >= 15 is 0 Å². The number of aromatic nitrogens is 1. The Morgan fingerprint density at radius 3 is 2.71 bits per heavy atom. The number of fused-ring (bicyclic) bond motifs is 1. The van der Waals surface area contributed by atoms with E-state index in [1.54, 1.807) is 4.57 Å². The van der Waals surface area contributed by atoms with Gasteiger partial charge in [0.25, 0.3) is 5.56 Å². The molecule has 0 saturated carbocycles. The summed E-state index contributed by atoms with van der Waals surface area (Å²) >= 11 is 0. The molecule has 0 spiro atoms. The summed E-state index contributed by atoms with van der Waals surface area (Å²) in [6.45, 7) is 3.95. The van der Waals surface area contributed by atoms with Crippen molar-refractivity contribution in [1.29, 1.82) is 5.26 Å². The highest BCUT2D eigenvalue weighted by atomic mass is 16.1. The predicted octanol–water partition coefficient (Wildman–Crippen LogP) is 2.65. The van der Waals surface area contributed by atoms with Gasteiger partial charge in [0.2, 0.25) is 0 Å². The maximum atomic E-state index is 12.2. The van der Waals surface area contributed by atoms with Crippen LogP contribution in [0.15, 0.2) is 35.1 Å². The lowest BCUT2D eigenvalue weighted by atomic mass is 10.1. The first-order valence-corrected chi connectivity index (χ1v) is 5.65. The van der Waals surface area contributed by atoms with Gasteiger partial charge in [-0.15, -0.1) is 0 Å². The topological polar surface area (TPSA) is 45.8 Å². The highest BCUT2D eigenvalue weighted by molar-refractivity contribution is 5.79. The van der Waals surface area contributed by atoms with Gasteiger partial charge < -0.3 is 4.57 Å². The zero-order chi connectivity index (χ0) is 12.4. The van der Waals surface area contributed by atoms with Crippen LogP contribution in [0.5, 0.6) is 0 Å². The molecule has 0 unspecified atom stereocenters. The van der Waals surface area contributed by atoms with Crippen LogP contribution in [0.25, 0.3) is 10.9 Å². The minimum absolute atomic E-state index is 0.0553. The molecule has 1 aromatic heterocycles. The maximum absolute atomic E-state index is 12.2. The van der Waals surface area contributed by atoms with Gasteiger partial charge in [0, 0.05) is 11.6 Å². The third kappa shape index (κ3) is 1.94. The molecule has 3 nitrogen and oxygen atoms in total. The van der Waals surface area contributed by atoms with Crippen LogP contribution in [0.2, 0.25) is 0 Å². The molecule has 17 heavy (non-hydrogen) atoms. The smallest absolute Gasteiger partial charge is 0.255 e. The molecule has 0 aliphatic carbocycles. The fourth-order valence-corrected chi connectivity index (χ4v) is 2.07. The molecule has 2 rings (SSSR count). The van der Waals surface area contributed by atoms with Crippen molar-refractivity contribution in [3.05, 3.63) is 46.2 Å². The Labute approximate surface area is 99.9 Å². The molecule has 0 amide bonds. The lowest BCUT2D eigenvalue weighted by molar-refractivity contribution is 0.597. The second-order valence-corrected chi connectivity index (χ2v) is 4.33. The zero-order valence-electron chi connectivity index (χ0n) is 9.97. The van der Waals surface area contributed by atoms with Gasteiger partial charge >= 0.3 is 0 Å². The summed E-state index contributed by atoms with van der Waals surface area (Å²) in [6, 6.07) is 11.7. The average molecular weight is 226 g/mol. The van der Waals surface area contributed by atoms with Gasteiger partial charge in [-0.25, -0.2) is 0 Å². The number of nitrogens with zero attached hydrogens (tertiary/aromatic N) is 2. The van der Waals surface area contributed by atoms with Gasteiger partial charge in [-0.2, -0.15) is 5.26 Å². The lowest BCUT2D eigenvalue weighted by Crippen LogP contribution is -2.25. The molecule has 0 saturated heterocycles. The van der Waals surface area contributed by atoms with E-state index in [0.717, 1.165) is 10.9 Å². The number of para-hydroxylation sites is 1. The maximum Gasteiger partial charge on any atom is 0.255 e. The first kappa shape index (κ1) is 11.4. The van der Waals surface area contributed by atoms with Crippen molar-refractivity contribution in [2.45, 2.75) is 26.3 Å². The second-order valence-electron chi connectivity index (χ2n) is 4.33. The molecular weight excluding hydrogens is 212 g/mol. The Balaban J connectivity index is 2.87. The summed E-state index contributed by atoms with van der Waals surface area (Å²) < 4.78 is 1.75. The van der Waals surface area contributed by atoms with E-state index in [1.165, 1.54) is 0 Å². The van der Waals surface area contributed by atoms with E-state index in [4.69, 9.17) is 5.26 Å². The standard InChI is InChI=1S/C14H14N2O/c1-10(2)16-13-6-4-3-5-11(13)9-12(7-8-15)14(16)17/h3-6,9-10H,7H2,1-2H3. The Kier molecular flexibility index (Phi) is 2.97. The van der Waals surface area contributed by atoms with Crippen LogP contribution in [0.4, 0.5) is 0 Å². The summed E-state index contributed by atoms with van der Waals surface area (Å²) in [4.78, 5) is 12.2. The minimum Gasteiger partial charge on any atom is -0.306 e. The Hall–Kier alpha value is -2.08. The van der Waals surface area contributed by atoms with E-state index in [1.807, 2.05) is 50.2 Å². The molecule has 0 fully saturated rings. The van der Waals surface area contributed by atoms with Gasteiger partial charge in [-0.1, -0.05) is 18.2 Å². The SMILES string of the molecule is CC(C)n1c(=O)c(CC#N)cc2ccccc21. The highest BCUT2D eigenvalue weighted by Crippen LogP contribution is 2.17. The summed E-state index contributed by atoms with van der Waals surface area (Å²) in [7, 11) is 0. The van der Waals surface area contributed by atoms with E-state index in [9.17, 15) is 4.79 Å². The van der Waals surface area contributed by atoms with Crippen LogP contribution in [0.1, 0.15) is 25.5 Å². The Bertz CT molecular complexity index is 647. The van der Waals surface area contributed by atoms with E-state index in [-0.39, 0.29) is 18.0 Å². The van der Waals surface area contributed by atoms with Crippen LogP contribution in [0, 0.1) is 11.3 Å². The van der Waals surface area contributed by atoms with Crippen molar-refractivity contribution in [2.24, 2.45) is 0 Å². The van der Waals surface area contributed by atoms with Gasteiger partial charge in [-0.05, 0) is 31.4 Å². The zero-order valence-corrected chi connectivity index (χ0v) is 9.97. The molecule has 86 valence electrons. The second kappa shape index (κ2) is 4.42. The molecule has 2 aromatic rings. The normalized spacial score (nSPS) is 10.7. The average Bonchev–Trinajstić information content (AvgIpc) is 2.30. The highest BCUT2D eigenvalue weighted by Gasteiger charge is 2.10. The van der Waals surface area contributed by atoms with Crippen molar-refractivity contribution in [3.63, 3.8) is 0 Å². The van der Waals surface area contributed by atoms with Gasteiger partial charge in [0.1, 0.15) is 0 Å². The van der Waals surface area contributed by atoms with Gasteiger partial charge in [0.15, 0.2) is 0 Å². The molecule has 0 aliphatic rings. The summed E-state index contributed by atoms with van der Waals surface area (Å²) in [5, 5.41) is 9.75. The molecule has 0 bridgehead atoms. The van der Waals surface area contributed by atoms with Crippen molar-refractivity contribution < 1.29 is 0 Å². The van der Waals surface area contributed by atoms with Crippen molar-refractivity contribution in [3.8, 4) is 6.07 Å². The number of pyridine rings is 1. The molecule has 0 N–H and O–H groups in total. The van der Waals surface area contributed by atoms with E-state index < -0.39 is 0 Å². The number of hydrogen-bond acceptors (Lipinski definition) is 2.